The number of hydrogen-bond acceptors (Lipinski definition) is 3. The number of thiazole rings is 1. The molecule has 0 saturated carbocycles. The highest BCUT2D eigenvalue weighted by atomic mass is 32.1. The summed E-state index contributed by atoms with van der Waals surface area (Å²) in [6.45, 7) is 7.75. The molecule has 0 saturated heterocycles. The predicted molar refractivity (Wildman–Crippen MR) is 62.7 cm³/mol. The van der Waals surface area contributed by atoms with Gasteiger partial charge in [0.1, 0.15) is 0 Å². The van der Waals surface area contributed by atoms with Gasteiger partial charge in [0.15, 0.2) is 0 Å². The van der Waals surface area contributed by atoms with Crippen molar-refractivity contribution >= 4 is 11.3 Å². The molecule has 0 spiro atoms. The standard InChI is InChI=1S/C11H20N2S/c1-4-12-10(7-9(2)3)8-11-13-5-6-14-11/h5-6,9-10,12H,4,7-8H2,1-3H3. The van der Waals surface area contributed by atoms with E-state index in [9.17, 15) is 0 Å². The Morgan fingerprint density at radius 1 is 1.50 bits per heavy atom. The quantitative estimate of drug-likeness (QED) is 0.784. The molecule has 0 bridgehead atoms. The first-order chi connectivity index (χ1) is 6.72. The average Bonchev–Trinajstić information content (AvgIpc) is 2.56. The van der Waals surface area contributed by atoms with Gasteiger partial charge in [-0.2, -0.15) is 0 Å². The Balaban J connectivity index is 2.42. The van der Waals surface area contributed by atoms with E-state index < -0.39 is 0 Å². The Labute approximate surface area is 90.8 Å². The van der Waals surface area contributed by atoms with Crippen LogP contribution < -0.4 is 5.32 Å². The number of nitrogens with zero attached hydrogens (tertiary/aromatic N) is 1. The van der Waals surface area contributed by atoms with Crippen LogP contribution in [-0.2, 0) is 6.42 Å². The smallest absolute Gasteiger partial charge is 0.0940 e. The van der Waals surface area contributed by atoms with E-state index in [2.05, 4.69) is 31.1 Å². The molecule has 1 atom stereocenters. The van der Waals surface area contributed by atoms with Crippen molar-refractivity contribution in [1.29, 1.82) is 0 Å². The van der Waals surface area contributed by atoms with Crippen LogP contribution in [0.4, 0.5) is 0 Å². The fraction of sp³-hybridized carbons (Fsp3) is 0.727. The molecule has 1 rings (SSSR count). The van der Waals surface area contributed by atoms with Gasteiger partial charge in [0, 0.05) is 24.0 Å². The molecule has 0 radical (unpaired) electrons. The van der Waals surface area contributed by atoms with E-state index >= 15 is 0 Å². The van der Waals surface area contributed by atoms with Crippen LogP contribution >= 0.6 is 11.3 Å². The van der Waals surface area contributed by atoms with Crippen molar-refractivity contribution in [1.82, 2.24) is 10.3 Å². The maximum Gasteiger partial charge on any atom is 0.0940 e. The third kappa shape index (κ3) is 4.20. The maximum atomic E-state index is 4.32. The molecule has 0 aromatic carbocycles. The molecule has 0 amide bonds. The highest BCUT2D eigenvalue weighted by molar-refractivity contribution is 7.09. The van der Waals surface area contributed by atoms with Gasteiger partial charge in [-0.25, -0.2) is 4.98 Å². The first-order valence-corrected chi connectivity index (χ1v) is 6.22. The van der Waals surface area contributed by atoms with Gasteiger partial charge in [0.2, 0.25) is 0 Å². The van der Waals surface area contributed by atoms with Crippen LogP contribution in [0, 0.1) is 5.92 Å². The second-order valence-electron chi connectivity index (χ2n) is 4.01. The lowest BCUT2D eigenvalue weighted by atomic mass is 10.0. The van der Waals surface area contributed by atoms with E-state index in [4.69, 9.17) is 0 Å². The molecule has 1 aromatic rings. The lowest BCUT2D eigenvalue weighted by Crippen LogP contribution is -2.32. The third-order valence-corrected chi connectivity index (χ3v) is 2.96. The van der Waals surface area contributed by atoms with Crippen LogP contribution in [0.25, 0.3) is 0 Å². The van der Waals surface area contributed by atoms with E-state index in [1.807, 2.05) is 11.6 Å². The van der Waals surface area contributed by atoms with Crippen molar-refractivity contribution in [2.75, 3.05) is 6.54 Å². The zero-order valence-corrected chi connectivity index (χ0v) is 10.1. The fourth-order valence-electron chi connectivity index (χ4n) is 1.66. The van der Waals surface area contributed by atoms with Crippen LogP contribution in [0.1, 0.15) is 32.2 Å². The Kier molecular flexibility index (Phi) is 5.12. The molecule has 1 N–H and O–H groups in total. The molecule has 1 unspecified atom stereocenters. The highest BCUT2D eigenvalue weighted by Gasteiger charge is 2.11. The summed E-state index contributed by atoms with van der Waals surface area (Å²) in [6, 6.07) is 0.589. The van der Waals surface area contributed by atoms with Gasteiger partial charge in [0.25, 0.3) is 0 Å². The molecular weight excluding hydrogens is 192 g/mol. The van der Waals surface area contributed by atoms with E-state index in [0.717, 1.165) is 18.9 Å². The summed E-state index contributed by atoms with van der Waals surface area (Å²) >= 11 is 1.75. The van der Waals surface area contributed by atoms with Crippen LogP contribution in [0.15, 0.2) is 11.6 Å². The van der Waals surface area contributed by atoms with Crippen LogP contribution in [0.5, 0.6) is 0 Å². The van der Waals surface area contributed by atoms with Gasteiger partial charge in [-0.1, -0.05) is 20.8 Å². The number of aromatic nitrogens is 1. The summed E-state index contributed by atoms with van der Waals surface area (Å²) < 4.78 is 0. The fourth-order valence-corrected chi connectivity index (χ4v) is 2.36. The van der Waals surface area contributed by atoms with Crippen molar-refractivity contribution in [2.24, 2.45) is 5.92 Å². The summed E-state index contributed by atoms with van der Waals surface area (Å²) in [4.78, 5) is 4.32. The summed E-state index contributed by atoms with van der Waals surface area (Å²) in [7, 11) is 0. The Hall–Kier alpha value is -0.410. The SMILES string of the molecule is CCNC(Cc1nccs1)CC(C)C. The minimum Gasteiger partial charge on any atom is -0.314 e. The molecule has 0 fully saturated rings. The summed E-state index contributed by atoms with van der Waals surface area (Å²) in [5.41, 5.74) is 0. The molecule has 2 nitrogen and oxygen atoms in total. The Bertz CT molecular complexity index is 231. The van der Waals surface area contributed by atoms with Crippen LogP contribution in [-0.4, -0.2) is 17.6 Å². The zero-order chi connectivity index (χ0) is 10.4. The summed E-state index contributed by atoms with van der Waals surface area (Å²) in [6.07, 6.45) is 4.19. The second-order valence-corrected chi connectivity index (χ2v) is 4.99. The van der Waals surface area contributed by atoms with Gasteiger partial charge in [-0.05, 0) is 18.9 Å². The Morgan fingerprint density at radius 2 is 2.29 bits per heavy atom. The third-order valence-electron chi connectivity index (χ3n) is 2.15. The highest BCUT2D eigenvalue weighted by Crippen LogP contribution is 2.12. The van der Waals surface area contributed by atoms with Gasteiger partial charge in [0.05, 0.1) is 5.01 Å². The topological polar surface area (TPSA) is 24.9 Å². The molecule has 14 heavy (non-hydrogen) atoms. The average molecular weight is 212 g/mol. The van der Waals surface area contributed by atoms with Gasteiger partial charge in [-0.15, -0.1) is 11.3 Å². The van der Waals surface area contributed by atoms with E-state index in [1.165, 1.54) is 11.4 Å². The normalized spacial score (nSPS) is 13.4. The Morgan fingerprint density at radius 3 is 2.79 bits per heavy atom. The summed E-state index contributed by atoms with van der Waals surface area (Å²) in [5.74, 6) is 0.749. The molecule has 1 heterocycles. The molecule has 1 aromatic heterocycles. The molecular formula is C11H20N2S. The van der Waals surface area contributed by atoms with Crippen molar-refractivity contribution in [3.63, 3.8) is 0 Å². The minimum atomic E-state index is 0.589. The number of nitrogens with one attached hydrogen (secondary N) is 1. The molecule has 80 valence electrons. The lowest BCUT2D eigenvalue weighted by Gasteiger charge is -2.18. The molecule has 3 heteroatoms. The number of likely N-dealkylation sites (N-methyl/N-ethyl adjacent to an activating group) is 1. The largest absolute Gasteiger partial charge is 0.314 e. The first kappa shape index (κ1) is 11.7. The number of hydrogen-bond donors (Lipinski definition) is 1. The van der Waals surface area contributed by atoms with Gasteiger partial charge < -0.3 is 5.32 Å². The zero-order valence-electron chi connectivity index (χ0n) is 9.29. The van der Waals surface area contributed by atoms with Crippen LogP contribution in [0.3, 0.4) is 0 Å². The molecule has 0 aliphatic rings. The van der Waals surface area contributed by atoms with Gasteiger partial charge >= 0.3 is 0 Å². The lowest BCUT2D eigenvalue weighted by molar-refractivity contribution is 0.423. The summed E-state index contributed by atoms with van der Waals surface area (Å²) in [5, 5.41) is 6.82. The first-order valence-electron chi connectivity index (χ1n) is 5.34. The van der Waals surface area contributed by atoms with Gasteiger partial charge in [-0.3, -0.25) is 0 Å². The van der Waals surface area contributed by atoms with E-state index in [-0.39, 0.29) is 0 Å². The number of rotatable bonds is 6. The van der Waals surface area contributed by atoms with Crippen LogP contribution in [0.2, 0.25) is 0 Å². The minimum absolute atomic E-state index is 0.589. The van der Waals surface area contributed by atoms with E-state index in [1.54, 1.807) is 11.3 Å². The second kappa shape index (κ2) is 6.14. The van der Waals surface area contributed by atoms with Crippen molar-refractivity contribution in [3.05, 3.63) is 16.6 Å². The molecule has 0 aliphatic heterocycles. The maximum absolute atomic E-state index is 4.32. The van der Waals surface area contributed by atoms with Crippen molar-refractivity contribution < 1.29 is 0 Å². The monoisotopic (exact) mass is 212 g/mol. The predicted octanol–water partition coefficient (Wildman–Crippen LogP) is 2.71. The van der Waals surface area contributed by atoms with Crippen molar-refractivity contribution in [2.45, 2.75) is 39.7 Å². The molecule has 0 aliphatic carbocycles. The van der Waals surface area contributed by atoms with E-state index in [0.29, 0.717) is 6.04 Å². The van der Waals surface area contributed by atoms with Crippen molar-refractivity contribution in [3.8, 4) is 0 Å².